The smallest absolute Gasteiger partial charge is 0.416 e. The summed E-state index contributed by atoms with van der Waals surface area (Å²) < 4.78 is 38.6. The van der Waals surface area contributed by atoms with Gasteiger partial charge in [-0.1, -0.05) is 6.07 Å². The zero-order valence-corrected chi connectivity index (χ0v) is 14.8. The molecule has 2 heterocycles. The highest BCUT2D eigenvalue weighted by atomic mass is 19.4. The average molecular weight is 385 g/mol. The number of benzene rings is 1. The minimum atomic E-state index is -4.38. The van der Waals surface area contributed by atoms with Crippen LogP contribution >= 0.6 is 0 Å². The highest BCUT2D eigenvalue weighted by molar-refractivity contribution is 5.80. The van der Waals surface area contributed by atoms with E-state index in [1.807, 2.05) is 4.90 Å². The topological polar surface area (TPSA) is 64.1 Å². The molecule has 1 N–H and O–H groups in total. The number of carbonyl (C=O) groups excluding carboxylic acids is 1. The number of likely N-dealkylation sites (tertiary alicyclic amines) is 1. The lowest BCUT2D eigenvalue weighted by atomic mass is 10.1. The van der Waals surface area contributed by atoms with Gasteiger partial charge in [0.15, 0.2) is 0 Å². The van der Waals surface area contributed by atoms with Crippen molar-refractivity contribution in [2.24, 2.45) is 0 Å². The third-order valence-electron chi connectivity index (χ3n) is 5.16. The van der Waals surface area contributed by atoms with Gasteiger partial charge in [-0.25, -0.2) is 0 Å². The van der Waals surface area contributed by atoms with E-state index in [9.17, 15) is 27.9 Å². The summed E-state index contributed by atoms with van der Waals surface area (Å²) >= 11 is 0. The lowest BCUT2D eigenvalue weighted by Gasteiger charge is -2.37. The number of alkyl halides is 3. The van der Waals surface area contributed by atoms with Gasteiger partial charge in [0.25, 0.3) is 0 Å². The third-order valence-corrected chi connectivity index (χ3v) is 5.16. The van der Waals surface area contributed by atoms with Gasteiger partial charge < -0.3 is 14.9 Å². The highest BCUT2D eigenvalue weighted by Crippen LogP contribution is 2.31. The van der Waals surface area contributed by atoms with Gasteiger partial charge in [-0.05, 0) is 37.6 Å². The number of carbonyl (C=O) groups is 2. The summed E-state index contributed by atoms with van der Waals surface area (Å²) in [4.78, 5) is 28.9. The van der Waals surface area contributed by atoms with Crippen molar-refractivity contribution in [2.45, 2.75) is 25.1 Å². The predicted molar refractivity (Wildman–Crippen MR) is 92.5 cm³/mol. The first-order chi connectivity index (χ1) is 12.8. The Balaban J connectivity index is 1.56. The minimum Gasteiger partial charge on any atom is -0.480 e. The van der Waals surface area contributed by atoms with Crippen LogP contribution < -0.4 is 4.90 Å². The Morgan fingerprint density at radius 1 is 1.11 bits per heavy atom. The number of halogens is 3. The molecule has 1 aromatic carbocycles. The molecule has 0 radical (unpaired) electrons. The monoisotopic (exact) mass is 385 g/mol. The van der Waals surface area contributed by atoms with Gasteiger partial charge >= 0.3 is 12.1 Å². The molecular formula is C18H22F3N3O3. The first-order valence-corrected chi connectivity index (χ1v) is 8.92. The maximum absolute atomic E-state index is 12.9. The molecule has 0 spiro atoms. The summed E-state index contributed by atoms with van der Waals surface area (Å²) in [7, 11) is 0. The van der Waals surface area contributed by atoms with Gasteiger partial charge in [0.2, 0.25) is 5.91 Å². The molecule has 148 valence electrons. The van der Waals surface area contributed by atoms with Crippen molar-refractivity contribution in [3.05, 3.63) is 29.8 Å². The maximum Gasteiger partial charge on any atom is 0.416 e. The third kappa shape index (κ3) is 4.52. The molecule has 0 bridgehead atoms. The SMILES string of the molecule is O=C(O)[C@H]1CCCN1CC(=O)N1CCN(c2cccc(C(F)(F)F)c2)CC1. The van der Waals surface area contributed by atoms with Crippen LogP contribution in [0.25, 0.3) is 0 Å². The molecule has 0 saturated carbocycles. The first kappa shape index (κ1) is 19.5. The van der Waals surface area contributed by atoms with Crippen LogP contribution in [0.1, 0.15) is 18.4 Å². The van der Waals surface area contributed by atoms with Crippen LogP contribution in [0.5, 0.6) is 0 Å². The Morgan fingerprint density at radius 3 is 2.44 bits per heavy atom. The molecule has 2 saturated heterocycles. The Labute approximate surface area is 155 Å². The minimum absolute atomic E-state index is 0.0700. The van der Waals surface area contributed by atoms with Gasteiger partial charge in [0.05, 0.1) is 12.1 Å². The van der Waals surface area contributed by atoms with Crippen molar-refractivity contribution in [3.63, 3.8) is 0 Å². The van der Waals surface area contributed by atoms with E-state index in [4.69, 9.17) is 0 Å². The number of amides is 1. The summed E-state index contributed by atoms with van der Waals surface area (Å²) in [5.41, 5.74) is -0.199. The maximum atomic E-state index is 12.9. The normalized spacial score (nSPS) is 21.5. The van der Waals surface area contributed by atoms with Crippen LogP contribution in [0, 0.1) is 0 Å². The Kier molecular flexibility index (Phi) is 5.59. The van der Waals surface area contributed by atoms with Gasteiger partial charge in [0, 0.05) is 31.9 Å². The average Bonchev–Trinajstić information content (AvgIpc) is 3.09. The molecule has 2 aliphatic rings. The highest BCUT2D eigenvalue weighted by Gasteiger charge is 2.34. The van der Waals surface area contributed by atoms with E-state index in [0.29, 0.717) is 44.8 Å². The van der Waals surface area contributed by atoms with E-state index < -0.39 is 23.8 Å². The molecule has 0 unspecified atom stereocenters. The number of carboxylic acid groups (broad SMARTS) is 1. The van der Waals surface area contributed by atoms with E-state index in [1.54, 1.807) is 15.9 Å². The second-order valence-electron chi connectivity index (χ2n) is 6.88. The molecule has 0 aliphatic carbocycles. The summed E-state index contributed by atoms with van der Waals surface area (Å²) in [5.74, 6) is -1.04. The molecule has 1 amide bonds. The first-order valence-electron chi connectivity index (χ1n) is 8.92. The van der Waals surface area contributed by atoms with Crippen LogP contribution in [0.3, 0.4) is 0 Å². The van der Waals surface area contributed by atoms with Gasteiger partial charge in [-0.3, -0.25) is 14.5 Å². The molecular weight excluding hydrogens is 363 g/mol. The number of anilines is 1. The predicted octanol–water partition coefficient (Wildman–Crippen LogP) is 1.90. The van der Waals surface area contributed by atoms with Crippen molar-refractivity contribution in [3.8, 4) is 0 Å². The Bertz CT molecular complexity index is 703. The van der Waals surface area contributed by atoms with Crippen molar-refractivity contribution in [2.75, 3.05) is 44.2 Å². The van der Waals surface area contributed by atoms with Crippen LogP contribution in [-0.4, -0.2) is 72.1 Å². The van der Waals surface area contributed by atoms with E-state index in [2.05, 4.69) is 0 Å². The quantitative estimate of drug-likeness (QED) is 0.858. The molecule has 2 fully saturated rings. The largest absolute Gasteiger partial charge is 0.480 e. The molecule has 3 rings (SSSR count). The molecule has 27 heavy (non-hydrogen) atoms. The number of hydrogen-bond donors (Lipinski definition) is 1. The van der Waals surface area contributed by atoms with Crippen LogP contribution in [0.2, 0.25) is 0 Å². The van der Waals surface area contributed by atoms with Gasteiger partial charge in [-0.2, -0.15) is 13.2 Å². The summed E-state index contributed by atoms with van der Waals surface area (Å²) in [6.45, 7) is 2.35. The number of carboxylic acids is 1. The molecule has 2 aliphatic heterocycles. The number of aliphatic carboxylic acids is 1. The number of rotatable bonds is 4. The van der Waals surface area contributed by atoms with Gasteiger partial charge in [-0.15, -0.1) is 0 Å². The van der Waals surface area contributed by atoms with E-state index >= 15 is 0 Å². The van der Waals surface area contributed by atoms with Crippen LogP contribution in [-0.2, 0) is 15.8 Å². The van der Waals surface area contributed by atoms with Crippen molar-refractivity contribution in [1.29, 1.82) is 0 Å². The number of nitrogens with zero attached hydrogens (tertiary/aromatic N) is 3. The molecule has 6 nitrogen and oxygen atoms in total. The Hall–Kier alpha value is -2.29. The lowest BCUT2D eigenvalue weighted by Crippen LogP contribution is -2.52. The summed E-state index contributed by atoms with van der Waals surface area (Å²) in [6.07, 6.45) is -3.08. The summed E-state index contributed by atoms with van der Waals surface area (Å²) in [6, 6.07) is 4.57. The van der Waals surface area contributed by atoms with E-state index in [-0.39, 0.29) is 12.5 Å². The zero-order valence-electron chi connectivity index (χ0n) is 14.8. The molecule has 9 heteroatoms. The fourth-order valence-electron chi connectivity index (χ4n) is 3.66. The van der Waals surface area contributed by atoms with Gasteiger partial charge in [0.1, 0.15) is 6.04 Å². The lowest BCUT2D eigenvalue weighted by molar-refractivity contribution is -0.143. The fourth-order valence-corrected chi connectivity index (χ4v) is 3.66. The van der Waals surface area contributed by atoms with Crippen molar-refractivity contribution in [1.82, 2.24) is 9.80 Å². The fraction of sp³-hybridized carbons (Fsp3) is 0.556. The van der Waals surface area contributed by atoms with Crippen molar-refractivity contribution >= 4 is 17.6 Å². The molecule has 1 atom stereocenters. The van der Waals surface area contributed by atoms with Crippen molar-refractivity contribution < 1.29 is 27.9 Å². The molecule has 1 aromatic rings. The van der Waals surface area contributed by atoms with Crippen LogP contribution in [0.15, 0.2) is 24.3 Å². The number of hydrogen-bond acceptors (Lipinski definition) is 4. The Morgan fingerprint density at radius 2 is 1.81 bits per heavy atom. The second kappa shape index (κ2) is 7.75. The second-order valence-corrected chi connectivity index (χ2v) is 6.88. The molecule has 0 aromatic heterocycles. The zero-order chi connectivity index (χ0) is 19.6. The summed E-state index contributed by atoms with van der Waals surface area (Å²) in [5, 5.41) is 9.19. The van der Waals surface area contributed by atoms with Crippen LogP contribution in [0.4, 0.5) is 18.9 Å². The van der Waals surface area contributed by atoms with E-state index in [1.165, 1.54) is 6.07 Å². The van der Waals surface area contributed by atoms with E-state index in [0.717, 1.165) is 18.6 Å². The number of piperazine rings is 1. The standard InChI is InChI=1S/C18H22F3N3O3/c19-18(20,21)13-3-1-4-14(11-13)22-7-9-23(10-8-22)16(25)12-24-6-2-5-15(24)17(26)27/h1,3-4,11,15H,2,5-10,12H2,(H,26,27)/t15-/m1/s1.